The quantitative estimate of drug-likeness (QED) is 0.894. The molecule has 2 N–H and O–H groups in total. The standard InChI is InChI=1S/C17H23N3O3/c1-2-15(16(21)22)19-9-7-13(8-10-19)20-11-12-5-3-4-6-14(12)18-17(20)23/h3-6,13,15H,2,7-11H2,1H3,(H,18,23)(H,21,22). The third kappa shape index (κ3) is 3.17. The molecule has 2 amide bonds. The highest BCUT2D eigenvalue weighted by atomic mass is 16.4. The lowest BCUT2D eigenvalue weighted by molar-refractivity contribution is -0.144. The van der Waals surface area contributed by atoms with E-state index in [-0.39, 0.29) is 12.1 Å². The Bertz CT molecular complexity index is 597. The third-order valence-electron chi connectivity index (χ3n) is 4.91. The normalized spacial score (nSPS) is 20.7. The van der Waals surface area contributed by atoms with E-state index in [2.05, 4.69) is 5.32 Å². The van der Waals surface area contributed by atoms with Crippen molar-refractivity contribution in [2.24, 2.45) is 0 Å². The highest BCUT2D eigenvalue weighted by molar-refractivity contribution is 5.92. The number of hydrogen-bond donors (Lipinski definition) is 2. The molecular formula is C17H23N3O3. The number of para-hydroxylation sites is 1. The van der Waals surface area contributed by atoms with Crippen LogP contribution in [-0.4, -0.2) is 52.1 Å². The molecule has 2 aliphatic heterocycles. The summed E-state index contributed by atoms with van der Waals surface area (Å²) in [7, 11) is 0. The topological polar surface area (TPSA) is 72.9 Å². The first-order chi connectivity index (χ1) is 11.1. The first-order valence-electron chi connectivity index (χ1n) is 8.22. The van der Waals surface area contributed by atoms with Gasteiger partial charge in [-0.25, -0.2) is 4.79 Å². The van der Waals surface area contributed by atoms with Gasteiger partial charge in [0.1, 0.15) is 6.04 Å². The summed E-state index contributed by atoms with van der Waals surface area (Å²) < 4.78 is 0. The van der Waals surface area contributed by atoms with Crippen molar-refractivity contribution in [2.75, 3.05) is 18.4 Å². The number of hydrogen-bond acceptors (Lipinski definition) is 3. The van der Waals surface area contributed by atoms with Gasteiger partial charge >= 0.3 is 12.0 Å². The summed E-state index contributed by atoms with van der Waals surface area (Å²) in [6, 6.07) is 7.57. The zero-order valence-electron chi connectivity index (χ0n) is 13.4. The zero-order chi connectivity index (χ0) is 16.4. The van der Waals surface area contributed by atoms with Crippen molar-refractivity contribution in [3.8, 4) is 0 Å². The second kappa shape index (κ2) is 6.58. The fourth-order valence-electron chi connectivity index (χ4n) is 3.62. The number of piperidine rings is 1. The Morgan fingerprint density at radius 1 is 1.35 bits per heavy atom. The van der Waals surface area contributed by atoms with Crippen LogP contribution in [0.5, 0.6) is 0 Å². The molecule has 1 unspecified atom stereocenters. The lowest BCUT2D eigenvalue weighted by Gasteiger charge is -2.41. The van der Waals surface area contributed by atoms with Crippen LogP contribution in [0.4, 0.5) is 10.5 Å². The van der Waals surface area contributed by atoms with E-state index in [0.717, 1.165) is 37.2 Å². The van der Waals surface area contributed by atoms with Crippen molar-refractivity contribution >= 4 is 17.7 Å². The van der Waals surface area contributed by atoms with Crippen molar-refractivity contribution in [3.63, 3.8) is 0 Å². The number of carbonyl (C=O) groups is 2. The Morgan fingerprint density at radius 3 is 2.70 bits per heavy atom. The Hall–Kier alpha value is -2.08. The third-order valence-corrected chi connectivity index (χ3v) is 4.91. The molecule has 2 heterocycles. The van der Waals surface area contributed by atoms with Crippen LogP contribution in [0.3, 0.4) is 0 Å². The number of urea groups is 1. The second-order valence-corrected chi connectivity index (χ2v) is 6.24. The van der Waals surface area contributed by atoms with Crippen molar-refractivity contribution < 1.29 is 14.7 Å². The van der Waals surface area contributed by atoms with Gasteiger partial charge in [0.15, 0.2) is 0 Å². The molecule has 0 saturated carbocycles. The molecule has 1 fully saturated rings. The highest BCUT2D eigenvalue weighted by Crippen LogP contribution is 2.28. The minimum Gasteiger partial charge on any atom is -0.480 e. The zero-order valence-corrected chi connectivity index (χ0v) is 13.4. The first-order valence-corrected chi connectivity index (χ1v) is 8.22. The Labute approximate surface area is 136 Å². The molecule has 0 aromatic heterocycles. The van der Waals surface area contributed by atoms with Crippen molar-refractivity contribution in [2.45, 2.75) is 44.8 Å². The summed E-state index contributed by atoms with van der Waals surface area (Å²) in [6.45, 7) is 3.98. The maximum Gasteiger partial charge on any atom is 0.322 e. The molecule has 6 heteroatoms. The molecule has 0 bridgehead atoms. The minimum atomic E-state index is -0.754. The van der Waals surface area contributed by atoms with Crippen molar-refractivity contribution in [1.82, 2.24) is 9.80 Å². The van der Waals surface area contributed by atoms with Crippen LogP contribution in [-0.2, 0) is 11.3 Å². The van der Waals surface area contributed by atoms with E-state index < -0.39 is 12.0 Å². The number of nitrogens with zero attached hydrogens (tertiary/aromatic N) is 2. The number of rotatable bonds is 4. The molecule has 3 rings (SSSR count). The van der Waals surface area contributed by atoms with Gasteiger partial charge in [-0.1, -0.05) is 25.1 Å². The number of nitrogens with one attached hydrogen (secondary N) is 1. The van der Waals surface area contributed by atoms with Crippen LogP contribution in [0.1, 0.15) is 31.7 Å². The van der Waals surface area contributed by atoms with E-state index in [1.165, 1.54) is 0 Å². The van der Waals surface area contributed by atoms with E-state index >= 15 is 0 Å². The fraction of sp³-hybridized carbons (Fsp3) is 0.529. The van der Waals surface area contributed by atoms with Crippen LogP contribution in [0.15, 0.2) is 24.3 Å². The summed E-state index contributed by atoms with van der Waals surface area (Å²) in [5.41, 5.74) is 2.02. The smallest absolute Gasteiger partial charge is 0.322 e. The first kappa shape index (κ1) is 15.8. The van der Waals surface area contributed by atoms with Crippen LogP contribution in [0.25, 0.3) is 0 Å². The second-order valence-electron chi connectivity index (χ2n) is 6.24. The Kier molecular flexibility index (Phi) is 4.52. The number of carboxylic acids is 1. The van der Waals surface area contributed by atoms with E-state index in [0.29, 0.717) is 13.0 Å². The van der Waals surface area contributed by atoms with Gasteiger partial charge in [0, 0.05) is 31.4 Å². The van der Waals surface area contributed by atoms with Crippen LogP contribution >= 0.6 is 0 Å². The summed E-state index contributed by atoms with van der Waals surface area (Å²) in [5.74, 6) is -0.754. The predicted octanol–water partition coefficient (Wildman–Crippen LogP) is 2.36. The molecule has 6 nitrogen and oxygen atoms in total. The lowest BCUT2D eigenvalue weighted by Crippen LogP contribution is -2.53. The molecular weight excluding hydrogens is 294 g/mol. The molecule has 23 heavy (non-hydrogen) atoms. The summed E-state index contributed by atoms with van der Waals surface area (Å²) >= 11 is 0. The number of aliphatic carboxylic acids is 1. The van der Waals surface area contributed by atoms with Crippen LogP contribution in [0.2, 0.25) is 0 Å². The number of fused-ring (bicyclic) bond motifs is 1. The summed E-state index contributed by atoms with van der Waals surface area (Å²) in [4.78, 5) is 27.5. The van der Waals surface area contributed by atoms with Crippen LogP contribution < -0.4 is 5.32 Å². The predicted molar refractivity (Wildman–Crippen MR) is 87.3 cm³/mol. The average molecular weight is 317 g/mol. The van der Waals surface area contributed by atoms with Gasteiger partial charge in [-0.15, -0.1) is 0 Å². The fourth-order valence-corrected chi connectivity index (χ4v) is 3.62. The van der Waals surface area contributed by atoms with Gasteiger partial charge in [0.05, 0.1) is 0 Å². The Morgan fingerprint density at radius 2 is 2.04 bits per heavy atom. The number of anilines is 1. The molecule has 0 aliphatic carbocycles. The molecule has 1 aromatic carbocycles. The van der Waals surface area contributed by atoms with Gasteiger partial charge in [-0.05, 0) is 30.9 Å². The van der Waals surface area contributed by atoms with E-state index in [4.69, 9.17) is 0 Å². The van der Waals surface area contributed by atoms with Crippen molar-refractivity contribution in [1.29, 1.82) is 0 Å². The number of carbonyl (C=O) groups excluding carboxylic acids is 1. The average Bonchev–Trinajstić information content (AvgIpc) is 2.55. The maximum absolute atomic E-state index is 12.3. The molecule has 0 spiro atoms. The number of benzene rings is 1. The molecule has 1 saturated heterocycles. The van der Waals surface area contributed by atoms with E-state index in [1.807, 2.05) is 41.0 Å². The van der Waals surface area contributed by atoms with Gasteiger partial charge in [0.2, 0.25) is 0 Å². The molecule has 2 aliphatic rings. The summed E-state index contributed by atoms with van der Waals surface area (Å²) in [5, 5.41) is 12.2. The summed E-state index contributed by atoms with van der Waals surface area (Å²) in [6.07, 6.45) is 2.25. The van der Waals surface area contributed by atoms with E-state index in [1.54, 1.807) is 0 Å². The van der Waals surface area contributed by atoms with Crippen molar-refractivity contribution in [3.05, 3.63) is 29.8 Å². The lowest BCUT2D eigenvalue weighted by atomic mass is 9.99. The van der Waals surface area contributed by atoms with Gasteiger partial charge in [-0.2, -0.15) is 0 Å². The minimum absolute atomic E-state index is 0.0487. The molecule has 124 valence electrons. The maximum atomic E-state index is 12.3. The number of likely N-dealkylation sites (tertiary alicyclic amines) is 1. The number of amides is 2. The van der Waals surface area contributed by atoms with E-state index in [9.17, 15) is 14.7 Å². The monoisotopic (exact) mass is 317 g/mol. The highest BCUT2D eigenvalue weighted by Gasteiger charge is 2.34. The van der Waals surface area contributed by atoms with Crippen LogP contribution in [0, 0.1) is 0 Å². The van der Waals surface area contributed by atoms with Gasteiger partial charge in [0.25, 0.3) is 0 Å². The molecule has 0 radical (unpaired) electrons. The van der Waals surface area contributed by atoms with Gasteiger partial charge < -0.3 is 15.3 Å². The van der Waals surface area contributed by atoms with Gasteiger partial charge in [-0.3, -0.25) is 9.69 Å². The Balaban J connectivity index is 1.64. The SMILES string of the molecule is CCC(C(=O)O)N1CCC(N2Cc3ccccc3NC2=O)CC1. The largest absolute Gasteiger partial charge is 0.480 e. The molecule has 1 aromatic rings. The number of carboxylic acid groups (broad SMARTS) is 1. The molecule has 1 atom stereocenters.